The van der Waals surface area contributed by atoms with Gasteiger partial charge >= 0.3 is 6.09 Å². The van der Waals surface area contributed by atoms with Crippen molar-refractivity contribution < 1.29 is 9.53 Å². The first-order valence-electron chi connectivity index (χ1n) is 4.26. The highest BCUT2D eigenvalue weighted by Crippen LogP contribution is 1.97. The first-order chi connectivity index (χ1) is 7.36. The van der Waals surface area contributed by atoms with Gasteiger partial charge in [-0.3, -0.25) is 0 Å². The number of ether oxygens (including phenoxy) is 1. The van der Waals surface area contributed by atoms with Crippen molar-refractivity contribution in [1.82, 2.24) is 19.5 Å². The molecule has 2 aromatic rings. The lowest BCUT2D eigenvalue weighted by atomic mass is 10.4. The third kappa shape index (κ3) is 2.37. The molecule has 6 nitrogen and oxygen atoms in total. The topological polar surface area (TPSA) is 69.9 Å². The number of hydrogen-bond donors (Lipinski definition) is 0. The van der Waals surface area contributed by atoms with Gasteiger partial charge in [-0.25, -0.2) is 24.3 Å². The smallest absolute Gasteiger partial charge is 0.419 e. The van der Waals surface area contributed by atoms with Crippen LogP contribution >= 0.6 is 0 Å². The van der Waals surface area contributed by atoms with Gasteiger partial charge in [0, 0.05) is 18.6 Å². The van der Waals surface area contributed by atoms with E-state index in [-0.39, 0.29) is 6.61 Å². The van der Waals surface area contributed by atoms with Crippen LogP contribution in [0.3, 0.4) is 0 Å². The predicted octanol–water partition coefficient (Wildman–Crippen LogP) is 0.858. The lowest BCUT2D eigenvalue weighted by molar-refractivity contribution is 0.140. The van der Waals surface area contributed by atoms with Gasteiger partial charge in [0.1, 0.15) is 19.3 Å². The second-order valence-electron chi connectivity index (χ2n) is 2.73. The standard InChI is InChI=1S/C9H8N4O2/c14-9(13-4-3-11-7-13)15-5-8-1-2-10-6-12-8/h1-4,6-7H,5H2. The molecule has 6 heteroatoms. The summed E-state index contributed by atoms with van der Waals surface area (Å²) in [5, 5.41) is 0. The second kappa shape index (κ2) is 4.32. The highest BCUT2D eigenvalue weighted by Gasteiger charge is 2.04. The van der Waals surface area contributed by atoms with Gasteiger partial charge in [0.2, 0.25) is 0 Å². The van der Waals surface area contributed by atoms with Crippen LogP contribution < -0.4 is 0 Å². The number of nitrogens with zero attached hydrogens (tertiary/aromatic N) is 4. The van der Waals surface area contributed by atoms with Gasteiger partial charge in [-0.05, 0) is 6.07 Å². The van der Waals surface area contributed by atoms with Crippen molar-refractivity contribution in [2.45, 2.75) is 6.61 Å². The molecule has 76 valence electrons. The Morgan fingerprint density at radius 2 is 2.33 bits per heavy atom. The monoisotopic (exact) mass is 204 g/mol. The van der Waals surface area contributed by atoms with Crippen LogP contribution in [0.4, 0.5) is 4.79 Å². The minimum atomic E-state index is -0.480. The summed E-state index contributed by atoms with van der Waals surface area (Å²) < 4.78 is 6.22. The summed E-state index contributed by atoms with van der Waals surface area (Å²) in [6, 6.07) is 1.68. The summed E-state index contributed by atoms with van der Waals surface area (Å²) in [5.41, 5.74) is 0.651. The van der Waals surface area contributed by atoms with Crippen molar-refractivity contribution in [3.63, 3.8) is 0 Å². The van der Waals surface area contributed by atoms with Gasteiger partial charge in [0.15, 0.2) is 0 Å². The normalized spacial score (nSPS) is 9.87. The second-order valence-corrected chi connectivity index (χ2v) is 2.73. The maximum Gasteiger partial charge on any atom is 0.419 e. The zero-order chi connectivity index (χ0) is 10.5. The Kier molecular flexibility index (Phi) is 2.68. The maximum atomic E-state index is 11.3. The van der Waals surface area contributed by atoms with Crippen LogP contribution in [-0.2, 0) is 11.3 Å². The van der Waals surface area contributed by atoms with Crippen LogP contribution in [0.1, 0.15) is 5.69 Å². The van der Waals surface area contributed by atoms with Crippen LogP contribution in [0.25, 0.3) is 0 Å². The molecule has 0 saturated carbocycles. The summed E-state index contributed by atoms with van der Waals surface area (Å²) >= 11 is 0. The molecule has 0 radical (unpaired) electrons. The fraction of sp³-hybridized carbons (Fsp3) is 0.111. The molecule has 0 saturated heterocycles. The van der Waals surface area contributed by atoms with E-state index < -0.39 is 6.09 Å². The average molecular weight is 204 g/mol. The highest BCUT2D eigenvalue weighted by molar-refractivity contribution is 5.69. The molecule has 0 aliphatic rings. The van der Waals surface area contributed by atoms with E-state index in [0.29, 0.717) is 5.69 Å². The van der Waals surface area contributed by atoms with Crippen LogP contribution in [-0.4, -0.2) is 25.6 Å². The van der Waals surface area contributed by atoms with Gasteiger partial charge in [0.05, 0.1) is 5.69 Å². The van der Waals surface area contributed by atoms with Gasteiger partial charge in [-0.15, -0.1) is 0 Å². The number of hydrogen-bond acceptors (Lipinski definition) is 5. The quantitative estimate of drug-likeness (QED) is 0.725. The molecule has 2 rings (SSSR count). The maximum absolute atomic E-state index is 11.3. The van der Waals surface area contributed by atoms with Crippen LogP contribution in [0.2, 0.25) is 0 Å². The molecule has 0 unspecified atom stereocenters. The van der Waals surface area contributed by atoms with Gasteiger partial charge in [-0.1, -0.05) is 0 Å². The van der Waals surface area contributed by atoms with E-state index >= 15 is 0 Å². The van der Waals surface area contributed by atoms with Gasteiger partial charge < -0.3 is 4.74 Å². The van der Waals surface area contributed by atoms with E-state index in [2.05, 4.69) is 15.0 Å². The fourth-order valence-electron chi connectivity index (χ4n) is 0.981. The third-order valence-electron chi connectivity index (χ3n) is 1.70. The largest absolute Gasteiger partial charge is 0.442 e. The number of carbonyl (C=O) groups excluding carboxylic acids is 1. The fourth-order valence-corrected chi connectivity index (χ4v) is 0.981. The van der Waals surface area contributed by atoms with E-state index in [9.17, 15) is 4.79 Å². The Hall–Kier alpha value is -2.24. The summed E-state index contributed by atoms with van der Waals surface area (Å²) in [4.78, 5) is 22.7. The minimum Gasteiger partial charge on any atom is -0.442 e. The van der Waals surface area contributed by atoms with Crippen LogP contribution in [0.15, 0.2) is 37.3 Å². The molecule has 0 bridgehead atoms. The summed E-state index contributed by atoms with van der Waals surface area (Å²) in [6.45, 7) is 0.125. The van der Waals surface area contributed by atoms with Crippen molar-refractivity contribution >= 4 is 6.09 Å². The van der Waals surface area contributed by atoms with Crippen molar-refractivity contribution in [3.05, 3.63) is 43.0 Å². The van der Waals surface area contributed by atoms with E-state index in [1.54, 1.807) is 12.3 Å². The van der Waals surface area contributed by atoms with Crippen LogP contribution in [0.5, 0.6) is 0 Å². The first kappa shape index (κ1) is 9.32. The van der Waals surface area contributed by atoms with E-state index in [1.807, 2.05) is 0 Å². The zero-order valence-corrected chi connectivity index (χ0v) is 7.78. The summed E-state index contributed by atoms with van der Waals surface area (Å²) in [5.74, 6) is 0. The lowest BCUT2D eigenvalue weighted by Crippen LogP contribution is -2.11. The molecular weight excluding hydrogens is 196 g/mol. The van der Waals surface area contributed by atoms with Crippen LogP contribution in [0, 0.1) is 0 Å². The number of carbonyl (C=O) groups is 1. The molecule has 0 N–H and O–H groups in total. The predicted molar refractivity (Wildman–Crippen MR) is 49.8 cm³/mol. The number of imidazole rings is 1. The third-order valence-corrected chi connectivity index (χ3v) is 1.70. The van der Waals surface area contributed by atoms with Crippen molar-refractivity contribution in [1.29, 1.82) is 0 Å². The molecule has 2 aromatic heterocycles. The number of aromatic nitrogens is 4. The molecule has 0 aromatic carbocycles. The molecule has 15 heavy (non-hydrogen) atoms. The van der Waals surface area contributed by atoms with Gasteiger partial charge in [-0.2, -0.15) is 0 Å². The van der Waals surface area contributed by atoms with Crippen molar-refractivity contribution in [3.8, 4) is 0 Å². The molecule has 0 amide bonds. The van der Waals surface area contributed by atoms with E-state index in [1.165, 1.54) is 29.6 Å². The molecule has 0 fully saturated rings. The van der Waals surface area contributed by atoms with Crippen molar-refractivity contribution in [2.24, 2.45) is 0 Å². The van der Waals surface area contributed by atoms with E-state index in [0.717, 1.165) is 0 Å². The Morgan fingerprint density at radius 3 is 3.00 bits per heavy atom. The van der Waals surface area contributed by atoms with Gasteiger partial charge in [0.25, 0.3) is 0 Å². The Morgan fingerprint density at radius 1 is 1.40 bits per heavy atom. The lowest BCUT2D eigenvalue weighted by Gasteiger charge is -2.03. The SMILES string of the molecule is O=C(OCc1ccncn1)n1ccnc1. The minimum absolute atomic E-state index is 0.125. The highest BCUT2D eigenvalue weighted by atomic mass is 16.5. The zero-order valence-electron chi connectivity index (χ0n) is 7.78. The van der Waals surface area contributed by atoms with E-state index in [4.69, 9.17) is 4.74 Å². The molecule has 0 aliphatic carbocycles. The number of rotatable bonds is 2. The van der Waals surface area contributed by atoms with Crippen molar-refractivity contribution in [2.75, 3.05) is 0 Å². The average Bonchev–Trinajstić information content (AvgIpc) is 2.81. The molecule has 0 aliphatic heterocycles. The Labute approximate surface area is 85.6 Å². The molecule has 0 spiro atoms. The summed E-state index contributed by atoms with van der Waals surface area (Å²) in [6.07, 6.45) is 6.91. The Bertz CT molecular complexity index is 427. The summed E-state index contributed by atoms with van der Waals surface area (Å²) in [7, 11) is 0. The molecule has 2 heterocycles. The molecular formula is C9H8N4O2. The Balaban J connectivity index is 1.92. The molecule has 0 atom stereocenters. The first-order valence-corrected chi connectivity index (χ1v) is 4.26.